The molecule has 0 radical (unpaired) electrons. The van der Waals surface area contributed by atoms with Crippen LogP contribution in [0.1, 0.15) is 16.7 Å². The van der Waals surface area contributed by atoms with E-state index in [1.165, 1.54) is 18.9 Å². The summed E-state index contributed by atoms with van der Waals surface area (Å²) >= 11 is 0. The maximum Gasteiger partial charge on any atom is 0.335 e. The molecular weight excluding hydrogens is 276 g/mol. The fourth-order valence-electron chi connectivity index (χ4n) is 2.46. The van der Waals surface area contributed by atoms with E-state index < -0.39 is 5.97 Å². The van der Waals surface area contributed by atoms with Crippen LogP contribution < -0.4 is 0 Å². The third-order valence-corrected chi connectivity index (χ3v) is 3.65. The fraction of sp³-hybridized carbons (Fsp3) is 0.211. The zero-order valence-electron chi connectivity index (χ0n) is 13.0. The van der Waals surface area contributed by atoms with Crippen molar-refractivity contribution >= 4 is 12.0 Å². The first-order valence-corrected chi connectivity index (χ1v) is 7.13. The average molecular weight is 296 g/mol. The molecule has 3 nitrogen and oxygen atoms in total. The number of carboxylic acid groups (broad SMARTS) is 1. The van der Waals surface area contributed by atoms with Crippen molar-refractivity contribution in [2.75, 3.05) is 7.11 Å². The van der Waals surface area contributed by atoms with Crippen LogP contribution in [0.3, 0.4) is 0 Å². The smallest absolute Gasteiger partial charge is 0.335 e. The van der Waals surface area contributed by atoms with Gasteiger partial charge in [-0.3, -0.25) is 0 Å². The van der Waals surface area contributed by atoms with Crippen molar-refractivity contribution < 1.29 is 14.6 Å². The first kappa shape index (κ1) is 15.8. The molecule has 0 bridgehead atoms. The van der Waals surface area contributed by atoms with Crippen LogP contribution in [0.25, 0.3) is 6.08 Å². The Labute approximate surface area is 130 Å². The van der Waals surface area contributed by atoms with Crippen molar-refractivity contribution in [2.45, 2.75) is 13.8 Å². The Kier molecular flexibility index (Phi) is 4.99. The summed E-state index contributed by atoms with van der Waals surface area (Å²) < 4.78 is 4.93. The van der Waals surface area contributed by atoms with Crippen LogP contribution in [0, 0.1) is 19.8 Å². The Balaban J connectivity index is 2.47. The second-order valence-corrected chi connectivity index (χ2v) is 5.34. The molecule has 0 heterocycles. The standard InChI is InChI=1S/C19H20O3/c1-13-8-9-14(2)16(10-13)11-15-6-4-5-7-17(15)18(12-22-3)19(20)21/h4-12,17H,1-3H3,(H,20,21). The van der Waals surface area contributed by atoms with E-state index >= 15 is 0 Å². The molecule has 114 valence electrons. The molecule has 3 heteroatoms. The average Bonchev–Trinajstić information content (AvgIpc) is 2.49. The quantitative estimate of drug-likeness (QED) is 0.673. The first-order chi connectivity index (χ1) is 10.5. The Bertz CT molecular complexity index is 691. The molecule has 0 aromatic heterocycles. The summed E-state index contributed by atoms with van der Waals surface area (Å²) in [6.45, 7) is 4.09. The molecule has 1 aliphatic rings. The molecule has 2 rings (SSSR count). The predicted molar refractivity (Wildman–Crippen MR) is 88.4 cm³/mol. The van der Waals surface area contributed by atoms with Gasteiger partial charge < -0.3 is 9.84 Å². The highest BCUT2D eigenvalue weighted by molar-refractivity contribution is 5.89. The van der Waals surface area contributed by atoms with Gasteiger partial charge in [0.1, 0.15) is 0 Å². The van der Waals surface area contributed by atoms with E-state index in [0.29, 0.717) is 0 Å². The van der Waals surface area contributed by atoms with E-state index in [1.54, 1.807) is 0 Å². The lowest BCUT2D eigenvalue weighted by Crippen LogP contribution is -2.14. The summed E-state index contributed by atoms with van der Waals surface area (Å²) in [6.07, 6.45) is 10.9. The number of benzene rings is 1. The van der Waals surface area contributed by atoms with Gasteiger partial charge in [-0.2, -0.15) is 0 Å². The second kappa shape index (κ2) is 6.94. The molecule has 1 aromatic carbocycles. The van der Waals surface area contributed by atoms with Crippen LogP contribution in [-0.4, -0.2) is 18.2 Å². The predicted octanol–water partition coefficient (Wildman–Crippen LogP) is 4.04. The molecule has 0 fully saturated rings. The van der Waals surface area contributed by atoms with Crippen LogP contribution in [0.5, 0.6) is 0 Å². The lowest BCUT2D eigenvalue weighted by Gasteiger charge is -2.18. The normalized spacial score (nSPS) is 19.5. The molecule has 0 aliphatic heterocycles. The van der Waals surface area contributed by atoms with Gasteiger partial charge in [-0.25, -0.2) is 4.79 Å². The number of methoxy groups -OCH3 is 1. The molecule has 1 N–H and O–H groups in total. The molecule has 0 amide bonds. The zero-order chi connectivity index (χ0) is 16.1. The monoisotopic (exact) mass is 296 g/mol. The number of aryl methyl sites for hydroxylation is 2. The van der Waals surface area contributed by atoms with Gasteiger partial charge >= 0.3 is 5.97 Å². The number of allylic oxidation sites excluding steroid dienone is 5. The largest absolute Gasteiger partial charge is 0.504 e. The van der Waals surface area contributed by atoms with Crippen LogP contribution in [0.4, 0.5) is 0 Å². The SMILES string of the molecule is COC=C(C(=O)O)C1C=CC=CC1=Cc1cc(C)ccc1C. The minimum atomic E-state index is -0.973. The number of hydrogen-bond acceptors (Lipinski definition) is 2. The van der Waals surface area contributed by atoms with Crippen LogP contribution in [0.15, 0.2) is 59.9 Å². The topological polar surface area (TPSA) is 46.5 Å². The third kappa shape index (κ3) is 3.55. The summed E-state index contributed by atoms with van der Waals surface area (Å²) in [5.41, 5.74) is 4.59. The number of rotatable bonds is 4. The Morgan fingerprint density at radius 1 is 1.27 bits per heavy atom. The van der Waals surface area contributed by atoms with Crippen molar-refractivity contribution in [3.8, 4) is 0 Å². The number of ether oxygens (including phenoxy) is 1. The number of carbonyl (C=O) groups is 1. The van der Waals surface area contributed by atoms with Crippen LogP contribution in [-0.2, 0) is 9.53 Å². The minimum absolute atomic E-state index is 0.222. The molecule has 0 saturated carbocycles. The molecule has 1 unspecified atom stereocenters. The minimum Gasteiger partial charge on any atom is -0.504 e. The molecule has 1 aromatic rings. The van der Waals surface area contributed by atoms with Gasteiger partial charge in [-0.05, 0) is 30.5 Å². The summed E-state index contributed by atoms with van der Waals surface area (Å²) in [6, 6.07) is 6.24. The maximum absolute atomic E-state index is 11.5. The number of carboxylic acids is 1. The number of hydrogen-bond donors (Lipinski definition) is 1. The van der Waals surface area contributed by atoms with Crippen LogP contribution in [0.2, 0.25) is 0 Å². The first-order valence-electron chi connectivity index (χ1n) is 7.13. The molecule has 22 heavy (non-hydrogen) atoms. The molecule has 0 spiro atoms. The highest BCUT2D eigenvalue weighted by Crippen LogP contribution is 2.29. The van der Waals surface area contributed by atoms with Gasteiger partial charge in [0.15, 0.2) is 0 Å². The van der Waals surface area contributed by atoms with Crippen molar-refractivity contribution in [3.05, 3.63) is 76.6 Å². The third-order valence-electron chi connectivity index (χ3n) is 3.65. The van der Waals surface area contributed by atoms with E-state index in [-0.39, 0.29) is 11.5 Å². The second-order valence-electron chi connectivity index (χ2n) is 5.34. The van der Waals surface area contributed by atoms with Crippen molar-refractivity contribution in [1.29, 1.82) is 0 Å². The lowest BCUT2D eigenvalue weighted by atomic mass is 9.86. The highest BCUT2D eigenvalue weighted by atomic mass is 16.5. The Morgan fingerprint density at radius 3 is 2.73 bits per heavy atom. The Morgan fingerprint density at radius 2 is 2.05 bits per heavy atom. The molecule has 0 saturated heterocycles. The number of aliphatic carboxylic acids is 1. The van der Waals surface area contributed by atoms with Crippen molar-refractivity contribution in [2.24, 2.45) is 5.92 Å². The van der Waals surface area contributed by atoms with E-state index in [1.807, 2.05) is 44.2 Å². The summed E-state index contributed by atoms with van der Waals surface area (Å²) in [5.74, 6) is -1.29. The van der Waals surface area contributed by atoms with Crippen molar-refractivity contribution in [1.82, 2.24) is 0 Å². The summed E-state index contributed by atoms with van der Waals surface area (Å²) in [7, 11) is 1.46. The summed E-state index contributed by atoms with van der Waals surface area (Å²) in [4.78, 5) is 11.5. The zero-order valence-corrected chi connectivity index (χ0v) is 13.0. The van der Waals surface area contributed by atoms with Crippen molar-refractivity contribution in [3.63, 3.8) is 0 Å². The summed E-state index contributed by atoms with van der Waals surface area (Å²) in [5, 5.41) is 9.41. The fourth-order valence-corrected chi connectivity index (χ4v) is 2.46. The van der Waals surface area contributed by atoms with Gasteiger partial charge in [0, 0.05) is 5.92 Å². The molecule has 1 aliphatic carbocycles. The van der Waals surface area contributed by atoms with Gasteiger partial charge in [0.2, 0.25) is 0 Å². The van der Waals surface area contributed by atoms with E-state index in [9.17, 15) is 9.90 Å². The molecule has 1 atom stereocenters. The van der Waals surface area contributed by atoms with E-state index in [4.69, 9.17) is 4.74 Å². The van der Waals surface area contributed by atoms with Crippen LogP contribution >= 0.6 is 0 Å². The van der Waals surface area contributed by atoms with E-state index in [0.717, 1.165) is 16.7 Å². The van der Waals surface area contributed by atoms with E-state index in [2.05, 4.69) is 18.2 Å². The lowest BCUT2D eigenvalue weighted by molar-refractivity contribution is -0.133. The van der Waals surface area contributed by atoms with Gasteiger partial charge in [0.25, 0.3) is 0 Å². The highest BCUT2D eigenvalue weighted by Gasteiger charge is 2.22. The molecular formula is C19H20O3. The van der Waals surface area contributed by atoms with Gasteiger partial charge in [-0.15, -0.1) is 0 Å². The maximum atomic E-state index is 11.5. The van der Waals surface area contributed by atoms with Gasteiger partial charge in [-0.1, -0.05) is 54.1 Å². The van der Waals surface area contributed by atoms with Gasteiger partial charge in [0.05, 0.1) is 18.9 Å². The Hall–Kier alpha value is -2.55.